The van der Waals surface area contributed by atoms with Crippen LogP contribution >= 0.6 is 11.3 Å². The SMILES string of the molecule is Cc1nc(CCN2CCn3nc([C@@H](O)CS(C)(=O)=O)cc3C2)cs1. The van der Waals surface area contributed by atoms with E-state index in [2.05, 4.69) is 20.4 Å². The fourth-order valence-corrected chi connectivity index (χ4v) is 4.26. The average Bonchev–Trinajstić information content (AvgIpc) is 3.08. The second kappa shape index (κ2) is 6.91. The summed E-state index contributed by atoms with van der Waals surface area (Å²) in [5.41, 5.74) is 2.58. The molecule has 132 valence electrons. The van der Waals surface area contributed by atoms with Gasteiger partial charge in [0.15, 0.2) is 0 Å². The Balaban J connectivity index is 1.61. The van der Waals surface area contributed by atoms with Crippen LogP contribution in [-0.4, -0.2) is 58.3 Å². The molecule has 0 aromatic carbocycles. The Hall–Kier alpha value is -1.29. The summed E-state index contributed by atoms with van der Waals surface area (Å²) in [6.07, 6.45) is 0.973. The molecule has 0 saturated heterocycles. The number of aliphatic hydroxyl groups is 1. The first kappa shape index (κ1) is 17.5. The van der Waals surface area contributed by atoms with Gasteiger partial charge in [-0.3, -0.25) is 9.58 Å². The minimum Gasteiger partial charge on any atom is -0.386 e. The van der Waals surface area contributed by atoms with Crippen LogP contribution < -0.4 is 0 Å². The van der Waals surface area contributed by atoms with E-state index >= 15 is 0 Å². The van der Waals surface area contributed by atoms with E-state index in [4.69, 9.17) is 0 Å². The van der Waals surface area contributed by atoms with Crippen molar-refractivity contribution in [1.29, 1.82) is 0 Å². The predicted octanol–water partition coefficient (Wildman–Crippen LogP) is 0.784. The molecule has 3 rings (SSSR count). The molecule has 0 fully saturated rings. The third kappa shape index (κ3) is 4.41. The van der Waals surface area contributed by atoms with Gasteiger partial charge in [-0.1, -0.05) is 0 Å². The molecular weight excluding hydrogens is 348 g/mol. The van der Waals surface area contributed by atoms with Gasteiger partial charge in [-0.25, -0.2) is 13.4 Å². The molecule has 0 radical (unpaired) electrons. The number of thiazole rings is 1. The lowest BCUT2D eigenvalue weighted by atomic mass is 10.2. The summed E-state index contributed by atoms with van der Waals surface area (Å²) in [5, 5.41) is 17.6. The van der Waals surface area contributed by atoms with Crippen molar-refractivity contribution in [2.45, 2.75) is 32.5 Å². The molecule has 1 atom stereocenters. The molecule has 2 aromatic rings. The summed E-state index contributed by atoms with van der Waals surface area (Å²) >= 11 is 1.67. The monoisotopic (exact) mass is 370 g/mol. The molecule has 1 aliphatic heterocycles. The van der Waals surface area contributed by atoms with E-state index in [0.29, 0.717) is 5.69 Å². The molecule has 0 unspecified atom stereocenters. The molecule has 0 saturated carbocycles. The van der Waals surface area contributed by atoms with E-state index in [-0.39, 0.29) is 5.75 Å². The highest BCUT2D eigenvalue weighted by atomic mass is 32.2. The molecule has 3 heterocycles. The van der Waals surface area contributed by atoms with E-state index in [1.807, 2.05) is 17.7 Å². The number of aryl methyl sites for hydroxylation is 1. The van der Waals surface area contributed by atoms with Crippen molar-refractivity contribution in [3.63, 3.8) is 0 Å². The minimum absolute atomic E-state index is 0.295. The van der Waals surface area contributed by atoms with Crippen molar-refractivity contribution in [2.75, 3.05) is 25.1 Å². The normalized spacial score (nSPS) is 17.0. The number of hydrogen-bond acceptors (Lipinski definition) is 7. The average molecular weight is 371 g/mol. The standard InChI is InChI=1S/C15H22N4O3S2/c1-11-16-12(9-23-11)3-4-18-5-6-19-13(8-18)7-14(17-19)15(20)10-24(2,21)22/h7,9,15,20H,3-6,8,10H2,1-2H3/t15-/m0/s1. The van der Waals surface area contributed by atoms with Crippen molar-refractivity contribution in [1.82, 2.24) is 19.7 Å². The fraction of sp³-hybridized carbons (Fsp3) is 0.600. The number of hydrogen-bond donors (Lipinski definition) is 1. The molecule has 24 heavy (non-hydrogen) atoms. The predicted molar refractivity (Wildman–Crippen MR) is 92.7 cm³/mol. The lowest BCUT2D eigenvalue weighted by Gasteiger charge is -2.27. The van der Waals surface area contributed by atoms with E-state index in [9.17, 15) is 13.5 Å². The first-order chi connectivity index (χ1) is 11.3. The van der Waals surface area contributed by atoms with Crippen LogP contribution in [0.3, 0.4) is 0 Å². The highest BCUT2D eigenvalue weighted by Gasteiger charge is 2.23. The van der Waals surface area contributed by atoms with Crippen molar-refractivity contribution < 1.29 is 13.5 Å². The summed E-state index contributed by atoms with van der Waals surface area (Å²) in [5.74, 6) is -0.295. The molecular formula is C15H22N4O3S2. The van der Waals surface area contributed by atoms with Crippen LogP contribution in [0.15, 0.2) is 11.4 Å². The Bertz CT molecular complexity index is 813. The van der Waals surface area contributed by atoms with Gasteiger partial charge in [-0.05, 0) is 13.0 Å². The lowest BCUT2D eigenvalue weighted by Crippen LogP contribution is -2.35. The van der Waals surface area contributed by atoms with Gasteiger partial charge in [0.1, 0.15) is 15.9 Å². The van der Waals surface area contributed by atoms with Gasteiger partial charge in [-0.2, -0.15) is 5.10 Å². The quantitative estimate of drug-likeness (QED) is 0.809. The summed E-state index contributed by atoms with van der Waals surface area (Å²) in [6.45, 7) is 5.32. The van der Waals surface area contributed by atoms with E-state index in [1.165, 1.54) is 0 Å². The number of rotatable bonds is 6. The molecule has 0 amide bonds. The maximum absolute atomic E-state index is 11.3. The third-order valence-electron chi connectivity index (χ3n) is 4.05. The second-order valence-corrected chi connectivity index (χ2v) is 9.52. The molecule has 9 heteroatoms. The van der Waals surface area contributed by atoms with E-state index < -0.39 is 15.9 Å². The summed E-state index contributed by atoms with van der Waals surface area (Å²) < 4.78 is 24.5. The Kier molecular flexibility index (Phi) is 5.05. The molecule has 1 N–H and O–H groups in total. The van der Waals surface area contributed by atoms with Crippen molar-refractivity contribution in [3.8, 4) is 0 Å². The third-order valence-corrected chi connectivity index (χ3v) is 5.79. The zero-order chi connectivity index (χ0) is 17.3. The molecule has 0 spiro atoms. The van der Waals surface area contributed by atoms with Crippen LogP contribution in [0.25, 0.3) is 0 Å². The van der Waals surface area contributed by atoms with Crippen LogP contribution in [0, 0.1) is 6.92 Å². The van der Waals surface area contributed by atoms with Crippen molar-refractivity contribution >= 4 is 21.2 Å². The van der Waals surface area contributed by atoms with E-state index in [1.54, 1.807) is 11.3 Å². The fourth-order valence-electron chi connectivity index (χ4n) is 2.86. The first-order valence-corrected chi connectivity index (χ1v) is 10.8. The summed E-state index contributed by atoms with van der Waals surface area (Å²) in [4.78, 5) is 6.82. The first-order valence-electron chi connectivity index (χ1n) is 7.86. The zero-order valence-electron chi connectivity index (χ0n) is 13.8. The highest BCUT2D eigenvalue weighted by Crippen LogP contribution is 2.19. The molecule has 1 aliphatic rings. The number of aromatic nitrogens is 3. The summed E-state index contributed by atoms with van der Waals surface area (Å²) in [7, 11) is -3.24. The maximum atomic E-state index is 11.3. The topological polar surface area (TPSA) is 88.3 Å². The number of nitrogens with zero attached hydrogens (tertiary/aromatic N) is 4. The van der Waals surface area contributed by atoms with Crippen LogP contribution in [0.4, 0.5) is 0 Å². The van der Waals surface area contributed by atoms with Crippen molar-refractivity contribution in [3.05, 3.63) is 33.5 Å². The second-order valence-electron chi connectivity index (χ2n) is 6.28. The van der Waals surface area contributed by atoms with Crippen molar-refractivity contribution in [2.24, 2.45) is 0 Å². The van der Waals surface area contributed by atoms with E-state index in [0.717, 1.165) is 55.3 Å². The van der Waals surface area contributed by atoms with Gasteiger partial charge in [0, 0.05) is 37.7 Å². The zero-order valence-corrected chi connectivity index (χ0v) is 15.5. The Morgan fingerprint density at radius 1 is 1.42 bits per heavy atom. The smallest absolute Gasteiger partial charge is 0.150 e. The van der Waals surface area contributed by atoms with Gasteiger partial charge >= 0.3 is 0 Å². The molecule has 0 aliphatic carbocycles. The Labute approximate surface area is 145 Å². The van der Waals surface area contributed by atoms with Crippen LogP contribution in [0.5, 0.6) is 0 Å². The van der Waals surface area contributed by atoms with Gasteiger partial charge in [-0.15, -0.1) is 11.3 Å². The summed E-state index contributed by atoms with van der Waals surface area (Å²) in [6, 6.07) is 1.81. The van der Waals surface area contributed by atoms with Gasteiger partial charge in [0.25, 0.3) is 0 Å². The lowest BCUT2D eigenvalue weighted by molar-refractivity contribution is 0.193. The van der Waals surface area contributed by atoms with Crippen LogP contribution in [0.2, 0.25) is 0 Å². The van der Waals surface area contributed by atoms with Gasteiger partial charge < -0.3 is 5.11 Å². The van der Waals surface area contributed by atoms with Gasteiger partial charge in [0.2, 0.25) is 0 Å². The molecule has 0 bridgehead atoms. The highest BCUT2D eigenvalue weighted by molar-refractivity contribution is 7.90. The largest absolute Gasteiger partial charge is 0.386 e. The number of aliphatic hydroxyl groups excluding tert-OH is 1. The van der Waals surface area contributed by atoms with Crippen LogP contribution in [-0.2, 0) is 29.3 Å². The Morgan fingerprint density at radius 2 is 2.21 bits per heavy atom. The van der Waals surface area contributed by atoms with Gasteiger partial charge in [0.05, 0.1) is 34.4 Å². The number of fused-ring (bicyclic) bond motifs is 1. The maximum Gasteiger partial charge on any atom is 0.150 e. The molecule has 2 aromatic heterocycles. The van der Waals surface area contributed by atoms with Crippen LogP contribution in [0.1, 0.15) is 28.2 Å². The Morgan fingerprint density at radius 3 is 2.88 bits per heavy atom. The minimum atomic E-state index is -3.24. The number of sulfone groups is 1. The molecule has 7 nitrogen and oxygen atoms in total.